The van der Waals surface area contributed by atoms with Crippen LogP contribution in [0.5, 0.6) is 0 Å². The maximum atomic E-state index is 13.8. The van der Waals surface area contributed by atoms with Crippen molar-refractivity contribution in [1.82, 2.24) is 25.0 Å². The molecule has 4 aliphatic carbocycles. The Kier molecular flexibility index (Phi) is 6.58. The number of sulfonamides is 1. The van der Waals surface area contributed by atoms with Crippen LogP contribution in [0, 0.1) is 17.8 Å². The van der Waals surface area contributed by atoms with Crippen molar-refractivity contribution in [3.63, 3.8) is 0 Å². The van der Waals surface area contributed by atoms with Gasteiger partial charge in [0, 0.05) is 63.3 Å². The first-order valence-corrected chi connectivity index (χ1v) is 16.2. The van der Waals surface area contributed by atoms with Gasteiger partial charge in [0.15, 0.2) is 5.69 Å². The van der Waals surface area contributed by atoms with Crippen molar-refractivity contribution in [2.45, 2.75) is 74.1 Å². The van der Waals surface area contributed by atoms with Gasteiger partial charge in [-0.15, -0.1) is 0 Å². The summed E-state index contributed by atoms with van der Waals surface area (Å²) in [7, 11) is -3.30. The van der Waals surface area contributed by atoms with Crippen molar-refractivity contribution >= 4 is 15.9 Å². The second kappa shape index (κ2) is 9.83. The lowest BCUT2D eigenvalue weighted by Gasteiger charge is -2.70. The molecule has 4 saturated carbocycles. The number of piperidine rings is 1. The van der Waals surface area contributed by atoms with E-state index < -0.39 is 14.8 Å². The highest BCUT2D eigenvalue weighted by atomic mass is 32.2. The second-order valence-electron chi connectivity index (χ2n) is 12.6. The fourth-order valence-corrected chi connectivity index (χ4v) is 11.0. The summed E-state index contributed by atoms with van der Waals surface area (Å²) in [5, 5.41) is 10.8. The number of nitrogens with zero attached hydrogens (tertiary/aromatic N) is 3. The summed E-state index contributed by atoms with van der Waals surface area (Å²) in [5.41, 5.74) is 0.368. The SMILES string of the molecule is O=C(NC1C[C@@H]2CC3(S(=O)(=O)N4CCC(NCCN5CCOCC5)CC4)C[C@H](C1)C23)c1cc(C2CC2)on1. The highest BCUT2D eigenvalue weighted by Gasteiger charge is 2.73. The molecule has 7 rings (SSSR count). The molecule has 11 heteroatoms. The lowest BCUT2D eigenvalue weighted by Crippen LogP contribution is -2.75. The molecule has 0 aromatic carbocycles. The zero-order valence-corrected chi connectivity index (χ0v) is 23.0. The third-order valence-corrected chi connectivity index (χ3v) is 13.0. The molecule has 2 N–H and O–H groups in total. The van der Waals surface area contributed by atoms with Gasteiger partial charge < -0.3 is 19.9 Å². The van der Waals surface area contributed by atoms with Crippen LogP contribution in [0.4, 0.5) is 0 Å². The lowest BCUT2D eigenvalue weighted by molar-refractivity contribution is -0.108. The fraction of sp³-hybridized carbons (Fsp3) is 0.852. The Hall–Kier alpha value is -1.53. The Labute approximate surface area is 225 Å². The van der Waals surface area contributed by atoms with Gasteiger partial charge in [-0.05, 0) is 69.1 Å². The molecule has 0 radical (unpaired) electrons. The van der Waals surface area contributed by atoms with Crippen LogP contribution in [-0.2, 0) is 14.8 Å². The number of rotatable bonds is 9. The number of carbonyl (C=O) groups is 1. The Morgan fingerprint density at radius 3 is 2.42 bits per heavy atom. The minimum atomic E-state index is -3.30. The average Bonchev–Trinajstić information content (AvgIpc) is 3.62. The van der Waals surface area contributed by atoms with Gasteiger partial charge >= 0.3 is 0 Å². The van der Waals surface area contributed by atoms with Gasteiger partial charge in [-0.1, -0.05) is 5.16 Å². The molecule has 38 heavy (non-hydrogen) atoms. The summed E-state index contributed by atoms with van der Waals surface area (Å²) < 4.78 is 39.6. The summed E-state index contributed by atoms with van der Waals surface area (Å²) in [5.74, 6) is 2.13. The standard InChI is InChI=1S/C27H41N5O5S/c33-26(23-15-24(37-30-23)18-1-2-18)29-22-13-19-16-27(17-20(14-22)25(19)27)38(34,35)32-6-3-21(4-7-32)28-5-8-31-9-11-36-12-10-31/h15,18-22,25,28H,1-14,16-17H2,(H,29,33)/t19-,20+,22?,25?,27?. The molecule has 3 unspecified atom stereocenters. The van der Waals surface area contributed by atoms with E-state index in [2.05, 4.69) is 20.7 Å². The molecule has 0 bridgehead atoms. The highest BCUT2D eigenvalue weighted by Crippen LogP contribution is 2.69. The van der Waals surface area contributed by atoms with Crippen molar-refractivity contribution in [2.75, 3.05) is 52.5 Å². The van der Waals surface area contributed by atoms with E-state index >= 15 is 0 Å². The van der Waals surface area contributed by atoms with E-state index in [4.69, 9.17) is 9.26 Å². The third-order valence-electron chi connectivity index (χ3n) is 10.4. The topological polar surface area (TPSA) is 117 Å². The molecule has 6 fully saturated rings. The first kappa shape index (κ1) is 25.4. The van der Waals surface area contributed by atoms with Crippen LogP contribution in [0.1, 0.15) is 73.5 Å². The molecule has 10 nitrogen and oxygen atoms in total. The zero-order valence-electron chi connectivity index (χ0n) is 22.1. The summed E-state index contributed by atoms with van der Waals surface area (Å²) >= 11 is 0. The van der Waals surface area contributed by atoms with Crippen molar-refractivity contribution < 1.29 is 22.5 Å². The van der Waals surface area contributed by atoms with Gasteiger partial charge in [-0.25, -0.2) is 12.7 Å². The lowest BCUT2D eigenvalue weighted by atomic mass is 9.42. The quantitative estimate of drug-likeness (QED) is 0.479. The first-order chi connectivity index (χ1) is 18.4. The van der Waals surface area contributed by atoms with E-state index in [1.807, 2.05) is 0 Å². The number of hydrogen-bond acceptors (Lipinski definition) is 8. The molecule has 3 heterocycles. The van der Waals surface area contributed by atoms with Gasteiger partial charge in [0.1, 0.15) is 5.76 Å². The van der Waals surface area contributed by atoms with Crippen LogP contribution in [-0.4, -0.2) is 98.0 Å². The minimum Gasteiger partial charge on any atom is -0.379 e. The molecule has 1 aromatic rings. The Morgan fingerprint density at radius 2 is 1.74 bits per heavy atom. The summed E-state index contributed by atoms with van der Waals surface area (Å²) in [6.45, 7) is 6.86. The second-order valence-corrected chi connectivity index (χ2v) is 14.9. The van der Waals surface area contributed by atoms with Crippen molar-refractivity contribution in [3.05, 3.63) is 17.5 Å². The predicted octanol–water partition coefficient (Wildman–Crippen LogP) is 1.56. The van der Waals surface area contributed by atoms with E-state index in [0.717, 1.165) is 96.5 Å². The molecule has 1 amide bonds. The molecular formula is C27H41N5O5S. The maximum Gasteiger partial charge on any atom is 0.273 e. The van der Waals surface area contributed by atoms with Crippen LogP contribution < -0.4 is 10.6 Å². The van der Waals surface area contributed by atoms with Crippen molar-refractivity contribution in [3.8, 4) is 0 Å². The summed E-state index contributed by atoms with van der Waals surface area (Å²) in [4.78, 5) is 15.2. The maximum absolute atomic E-state index is 13.8. The summed E-state index contributed by atoms with van der Waals surface area (Å²) in [6, 6.07) is 2.27. The molecule has 210 valence electrons. The normalized spacial score (nSPS) is 36.2. The van der Waals surface area contributed by atoms with Crippen LogP contribution in [0.3, 0.4) is 0 Å². The van der Waals surface area contributed by atoms with E-state index in [0.29, 0.717) is 42.6 Å². The molecular weight excluding hydrogens is 506 g/mol. The van der Waals surface area contributed by atoms with E-state index in [1.54, 1.807) is 10.4 Å². The van der Waals surface area contributed by atoms with E-state index in [9.17, 15) is 13.2 Å². The number of morpholine rings is 1. The van der Waals surface area contributed by atoms with E-state index in [-0.39, 0.29) is 17.9 Å². The number of ether oxygens (including phenoxy) is 1. The Morgan fingerprint density at radius 1 is 1.03 bits per heavy atom. The summed E-state index contributed by atoms with van der Waals surface area (Å²) in [6.07, 6.45) is 7.21. The monoisotopic (exact) mass is 547 g/mol. The van der Waals surface area contributed by atoms with Crippen LogP contribution in [0.15, 0.2) is 10.6 Å². The van der Waals surface area contributed by atoms with Crippen molar-refractivity contribution in [2.24, 2.45) is 17.8 Å². The number of hydrogen-bond donors (Lipinski definition) is 2. The minimum absolute atomic E-state index is 0.0927. The molecule has 1 aromatic heterocycles. The van der Waals surface area contributed by atoms with Gasteiger partial charge in [0.2, 0.25) is 10.0 Å². The number of amides is 1. The third kappa shape index (κ3) is 4.42. The zero-order chi connectivity index (χ0) is 25.9. The molecule has 2 aliphatic heterocycles. The molecule has 6 aliphatic rings. The number of nitrogens with one attached hydrogen (secondary N) is 2. The van der Waals surface area contributed by atoms with Gasteiger partial charge in [0.25, 0.3) is 5.91 Å². The molecule has 5 atom stereocenters. The fourth-order valence-electron chi connectivity index (χ4n) is 8.23. The molecule has 2 saturated heterocycles. The number of carbonyl (C=O) groups excluding carboxylic acids is 1. The Bertz CT molecular complexity index is 1120. The number of aromatic nitrogens is 1. The van der Waals surface area contributed by atoms with Gasteiger partial charge in [-0.2, -0.15) is 0 Å². The average molecular weight is 548 g/mol. The van der Waals surface area contributed by atoms with Gasteiger partial charge in [-0.3, -0.25) is 9.69 Å². The molecule has 0 spiro atoms. The van der Waals surface area contributed by atoms with Crippen LogP contribution in [0.25, 0.3) is 0 Å². The predicted molar refractivity (Wildman–Crippen MR) is 140 cm³/mol. The largest absolute Gasteiger partial charge is 0.379 e. The highest BCUT2D eigenvalue weighted by molar-refractivity contribution is 7.90. The smallest absolute Gasteiger partial charge is 0.273 e. The first-order valence-electron chi connectivity index (χ1n) is 14.7. The van der Waals surface area contributed by atoms with Crippen molar-refractivity contribution in [1.29, 1.82) is 0 Å². The van der Waals surface area contributed by atoms with Gasteiger partial charge in [0.05, 0.1) is 18.0 Å². The van der Waals surface area contributed by atoms with Crippen LogP contribution >= 0.6 is 0 Å². The Balaban J connectivity index is 0.885. The van der Waals surface area contributed by atoms with E-state index in [1.165, 1.54) is 0 Å². The van der Waals surface area contributed by atoms with Crippen LogP contribution in [0.2, 0.25) is 0 Å².